The molecule has 2 aromatic heterocycles. The Morgan fingerprint density at radius 2 is 1.89 bits per heavy atom. The van der Waals surface area contributed by atoms with Gasteiger partial charge in [0.25, 0.3) is 0 Å². The minimum atomic E-state index is -0.232. The maximum Gasteiger partial charge on any atom is 0.166 e. The Morgan fingerprint density at radius 3 is 2.39 bits per heavy atom. The summed E-state index contributed by atoms with van der Waals surface area (Å²) in [5.41, 5.74) is 7.45. The summed E-state index contributed by atoms with van der Waals surface area (Å²) < 4.78 is 13.6. The third-order valence-electron chi connectivity index (χ3n) is 4.33. The highest BCUT2D eigenvalue weighted by molar-refractivity contribution is 7.27. The van der Waals surface area contributed by atoms with E-state index < -0.39 is 0 Å². The zero-order valence-electron chi connectivity index (χ0n) is 17.4. The summed E-state index contributed by atoms with van der Waals surface area (Å²) in [7, 11) is 2.45. The van der Waals surface area contributed by atoms with Gasteiger partial charge in [-0.2, -0.15) is 0 Å². The van der Waals surface area contributed by atoms with Crippen LogP contribution >= 0.6 is 9.24 Å². The van der Waals surface area contributed by atoms with Crippen molar-refractivity contribution >= 4 is 31.8 Å². The molecule has 0 saturated heterocycles. The fraction of sp³-hybridized carbons (Fsp3) is 0.476. The van der Waals surface area contributed by atoms with Crippen molar-refractivity contribution in [1.29, 1.82) is 5.41 Å². The molecule has 2 unspecified atom stereocenters. The minimum absolute atomic E-state index is 0.220. The Labute approximate surface area is 170 Å². The van der Waals surface area contributed by atoms with Gasteiger partial charge in [-0.15, -0.1) is 9.24 Å². The summed E-state index contributed by atoms with van der Waals surface area (Å²) in [6.07, 6.45) is 6.30. The molecular weight excluding hydrogens is 372 g/mol. The van der Waals surface area contributed by atoms with Crippen LogP contribution in [0.5, 0.6) is 0 Å². The number of aromatic nitrogens is 2. The van der Waals surface area contributed by atoms with Gasteiger partial charge in [-0.1, -0.05) is 27.7 Å². The normalized spacial score (nSPS) is 11.4. The predicted octanol–water partition coefficient (Wildman–Crippen LogP) is 4.43. The predicted molar refractivity (Wildman–Crippen MR) is 121 cm³/mol. The summed E-state index contributed by atoms with van der Waals surface area (Å²) in [5.74, 6) is 0.464. The second-order valence-electron chi connectivity index (χ2n) is 6.73. The van der Waals surface area contributed by atoms with Crippen molar-refractivity contribution in [2.45, 2.75) is 47.0 Å². The molecule has 0 bridgehead atoms. The van der Waals surface area contributed by atoms with Crippen molar-refractivity contribution < 1.29 is 4.39 Å². The lowest BCUT2D eigenvalue weighted by molar-refractivity contribution is 0.606. The molecule has 2 aromatic rings. The number of nitrogens with one attached hydrogen (secondary N) is 1. The fourth-order valence-corrected chi connectivity index (χ4v) is 2.84. The average Bonchev–Trinajstić information content (AvgIpc) is 2.68. The average molecular weight is 406 g/mol. The van der Waals surface area contributed by atoms with Crippen LogP contribution in [0.15, 0.2) is 30.6 Å². The van der Waals surface area contributed by atoms with E-state index in [4.69, 9.17) is 11.1 Å². The number of nitrogens with zero attached hydrogens (tertiary/aromatic N) is 3. The lowest BCUT2D eigenvalue weighted by atomic mass is 9.99. The van der Waals surface area contributed by atoms with E-state index in [1.54, 1.807) is 24.5 Å². The molecule has 0 fully saturated rings. The van der Waals surface area contributed by atoms with E-state index in [2.05, 4.69) is 40.0 Å². The van der Waals surface area contributed by atoms with Crippen LogP contribution in [-0.2, 0) is 0 Å². The molecule has 154 valence electrons. The maximum absolute atomic E-state index is 13.6. The highest BCUT2D eigenvalue weighted by atomic mass is 31.0. The second kappa shape index (κ2) is 12.4. The molecule has 0 aliphatic carbocycles. The molecular formula is C21H33FN5P. The monoisotopic (exact) mass is 405 g/mol. The molecule has 0 aromatic carbocycles. The number of nitrogen functional groups attached to an aromatic ring is 1. The van der Waals surface area contributed by atoms with Gasteiger partial charge in [0.1, 0.15) is 5.69 Å². The van der Waals surface area contributed by atoms with E-state index in [0.29, 0.717) is 22.9 Å². The molecule has 3 N–H and O–H groups in total. The standard InChI is InChI=1S/C11H18FN2P.C10H15N3/c1-3-5-14(6-4-2)11-10(12)7-9(15)8-13-11;1-3-7(2)9(12)10-8(11)5-4-6-13-10/h7-8H,3-6,15H2,1-2H3;4-7,12H,3,11H2,1-2H3. The van der Waals surface area contributed by atoms with Crippen LogP contribution in [0.2, 0.25) is 0 Å². The van der Waals surface area contributed by atoms with Crippen LogP contribution in [0.4, 0.5) is 15.9 Å². The summed E-state index contributed by atoms with van der Waals surface area (Å²) in [6.45, 7) is 9.95. The number of anilines is 2. The third kappa shape index (κ3) is 7.16. The number of rotatable bonds is 8. The van der Waals surface area contributed by atoms with Crippen molar-refractivity contribution in [2.75, 3.05) is 23.7 Å². The van der Waals surface area contributed by atoms with Gasteiger partial charge in [0.05, 0.1) is 11.4 Å². The minimum Gasteiger partial charge on any atom is -0.397 e. The van der Waals surface area contributed by atoms with Crippen molar-refractivity contribution in [3.05, 3.63) is 42.1 Å². The highest BCUT2D eigenvalue weighted by Gasteiger charge is 2.13. The van der Waals surface area contributed by atoms with E-state index >= 15 is 0 Å². The SMILES string of the molecule is CCC(C)C(=N)c1ncccc1N.CCCN(CCC)c1ncc(P)cc1F. The van der Waals surface area contributed by atoms with Gasteiger partial charge < -0.3 is 16.0 Å². The molecule has 7 heteroatoms. The zero-order valence-corrected chi connectivity index (χ0v) is 18.5. The molecule has 0 aliphatic rings. The largest absolute Gasteiger partial charge is 0.397 e. The van der Waals surface area contributed by atoms with E-state index in [0.717, 1.165) is 37.7 Å². The first-order chi connectivity index (χ1) is 13.3. The van der Waals surface area contributed by atoms with Gasteiger partial charge in [-0.25, -0.2) is 9.37 Å². The number of pyridine rings is 2. The van der Waals surface area contributed by atoms with Gasteiger partial charge in [0.2, 0.25) is 0 Å². The van der Waals surface area contributed by atoms with Gasteiger partial charge in [0.15, 0.2) is 11.6 Å². The summed E-state index contributed by atoms with van der Waals surface area (Å²) in [4.78, 5) is 10.2. The Hall–Kier alpha value is -2.07. The molecule has 2 rings (SSSR count). The van der Waals surface area contributed by atoms with Crippen LogP contribution in [0, 0.1) is 17.1 Å². The Kier molecular flexibility index (Phi) is 10.6. The molecule has 0 radical (unpaired) electrons. The number of hydrogen-bond donors (Lipinski definition) is 2. The molecule has 0 aliphatic heterocycles. The van der Waals surface area contributed by atoms with E-state index in [1.807, 2.05) is 11.8 Å². The van der Waals surface area contributed by atoms with Crippen molar-refractivity contribution in [3.63, 3.8) is 0 Å². The number of hydrogen-bond acceptors (Lipinski definition) is 5. The van der Waals surface area contributed by atoms with E-state index in [9.17, 15) is 4.39 Å². The lowest BCUT2D eigenvalue weighted by Crippen LogP contribution is -2.27. The molecule has 2 heterocycles. The first kappa shape index (κ1) is 24.0. The molecule has 5 nitrogen and oxygen atoms in total. The van der Waals surface area contributed by atoms with Crippen molar-refractivity contribution in [3.8, 4) is 0 Å². The van der Waals surface area contributed by atoms with Crippen molar-refractivity contribution in [2.24, 2.45) is 5.92 Å². The second-order valence-corrected chi connectivity index (χ2v) is 7.39. The smallest absolute Gasteiger partial charge is 0.166 e. The summed E-state index contributed by atoms with van der Waals surface area (Å²) in [5, 5.41) is 8.62. The maximum atomic E-state index is 13.6. The van der Waals surface area contributed by atoms with Gasteiger partial charge in [-0.3, -0.25) is 4.98 Å². The van der Waals surface area contributed by atoms with E-state index in [1.165, 1.54) is 6.07 Å². The Balaban J connectivity index is 0.000000283. The first-order valence-corrected chi connectivity index (χ1v) is 10.4. The summed E-state index contributed by atoms with van der Waals surface area (Å²) in [6, 6.07) is 5.06. The van der Waals surface area contributed by atoms with Gasteiger partial charge in [0, 0.05) is 25.5 Å². The Bertz CT molecular complexity index is 747. The van der Waals surface area contributed by atoms with E-state index in [-0.39, 0.29) is 11.7 Å². The van der Waals surface area contributed by atoms with Crippen LogP contribution in [-0.4, -0.2) is 28.8 Å². The first-order valence-electron chi connectivity index (χ1n) is 9.80. The highest BCUT2D eigenvalue weighted by Crippen LogP contribution is 2.16. The Morgan fingerprint density at radius 1 is 1.25 bits per heavy atom. The summed E-state index contributed by atoms with van der Waals surface area (Å²) >= 11 is 0. The lowest BCUT2D eigenvalue weighted by Gasteiger charge is -2.22. The molecule has 0 saturated carbocycles. The number of nitrogens with two attached hydrogens (primary N) is 1. The molecule has 28 heavy (non-hydrogen) atoms. The number of halogens is 1. The zero-order chi connectivity index (χ0) is 21.1. The third-order valence-corrected chi connectivity index (χ3v) is 4.64. The molecule has 0 spiro atoms. The van der Waals surface area contributed by atoms with Gasteiger partial charge >= 0.3 is 0 Å². The van der Waals surface area contributed by atoms with Crippen LogP contribution in [0.1, 0.15) is 52.7 Å². The van der Waals surface area contributed by atoms with Gasteiger partial charge in [-0.05, 0) is 48.7 Å². The van der Waals surface area contributed by atoms with Crippen LogP contribution < -0.4 is 15.9 Å². The van der Waals surface area contributed by atoms with Crippen molar-refractivity contribution in [1.82, 2.24) is 9.97 Å². The molecule has 0 amide bonds. The fourth-order valence-electron chi connectivity index (χ4n) is 2.62. The topological polar surface area (TPSA) is 78.9 Å². The van der Waals surface area contributed by atoms with Crippen LogP contribution in [0.3, 0.4) is 0 Å². The quantitative estimate of drug-likeness (QED) is 0.503. The van der Waals surface area contributed by atoms with Crippen LogP contribution in [0.25, 0.3) is 0 Å². The molecule has 2 atom stereocenters.